The zero-order valence-corrected chi connectivity index (χ0v) is 15.9. The van der Waals surface area contributed by atoms with Gasteiger partial charge in [-0.2, -0.15) is 0 Å². The number of piperazine rings is 1. The van der Waals surface area contributed by atoms with Crippen LogP contribution in [0, 0.1) is 5.82 Å². The minimum atomic E-state index is -0.299. The van der Waals surface area contributed by atoms with Crippen molar-refractivity contribution in [2.75, 3.05) is 31.6 Å². The minimum absolute atomic E-state index is 0.0656. The van der Waals surface area contributed by atoms with Gasteiger partial charge in [-0.15, -0.1) is 5.10 Å². The first-order valence-electron chi connectivity index (χ1n) is 9.44. The molecule has 0 saturated carbocycles. The van der Waals surface area contributed by atoms with Crippen molar-refractivity contribution >= 4 is 28.3 Å². The quantitative estimate of drug-likeness (QED) is 0.537. The fourth-order valence-corrected chi connectivity index (χ4v) is 3.63. The average Bonchev–Trinajstić information content (AvgIpc) is 3.12. The van der Waals surface area contributed by atoms with Crippen LogP contribution in [0.5, 0.6) is 0 Å². The summed E-state index contributed by atoms with van der Waals surface area (Å²) in [5.41, 5.74) is 2.66. The van der Waals surface area contributed by atoms with Crippen LogP contribution in [0.3, 0.4) is 0 Å². The maximum atomic E-state index is 14.6. The Kier molecular flexibility index (Phi) is 4.12. The number of aromatic nitrogens is 4. The number of pyridine rings is 1. The zero-order valence-electron chi connectivity index (χ0n) is 15.9. The van der Waals surface area contributed by atoms with Crippen molar-refractivity contribution in [1.82, 2.24) is 24.5 Å². The van der Waals surface area contributed by atoms with E-state index >= 15 is 0 Å². The summed E-state index contributed by atoms with van der Waals surface area (Å²) in [7, 11) is 1.80. The van der Waals surface area contributed by atoms with E-state index in [9.17, 15) is 9.18 Å². The fraction of sp³-hybridized carbons (Fsp3) is 0.238. The van der Waals surface area contributed by atoms with Crippen molar-refractivity contribution in [2.24, 2.45) is 0 Å². The monoisotopic (exact) mass is 390 g/mol. The van der Waals surface area contributed by atoms with Crippen molar-refractivity contribution in [1.29, 1.82) is 0 Å². The molecule has 3 aromatic heterocycles. The maximum Gasteiger partial charge on any atom is 0.241 e. The van der Waals surface area contributed by atoms with Gasteiger partial charge in [0.05, 0.1) is 24.0 Å². The van der Waals surface area contributed by atoms with E-state index in [1.165, 1.54) is 6.07 Å². The Bertz CT molecular complexity index is 1240. The lowest BCUT2D eigenvalue weighted by Crippen LogP contribution is -2.48. The van der Waals surface area contributed by atoms with Crippen LogP contribution in [0.15, 0.2) is 48.8 Å². The molecule has 4 heterocycles. The maximum absolute atomic E-state index is 14.6. The molecule has 1 aliphatic heterocycles. The van der Waals surface area contributed by atoms with Crippen LogP contribution < -0.4 is 4.90 Å². The van der Waals surface area contributed by atoms with E-state index in [-0.39, 0.29) is 11.7 Å². The highest BCUT2D eigenvalue weighted by molar-refractivity contribution is 5.82. The summed E-state index contributed by atoms with van der Waals surface area (Å²) < 4.78 is 16.3. The van der Waals surface area contributed by atoms with Crippen molar-refractivity contribution in [3.63, 3.8) is 0 Å². The topological polar surface area (TPSA) is 66.6 Å². The van der Waals surface area contributed by atoms with Crippen molar-refractivity contribution in [3.8, 4) is 0 Å². The van der Waals surface area contributed by atoms with Gasteiger partial charge in [-0.1, -0.05) is 6.07 Å². The summed E-state index contributed by atoms with van der Waals surface area (Å²) in [6.45, 7) is 1.67. The third kappa shape index (κ3) is 3.16. The first kappa shape index (κ1) is 17.5. The van der Waals surface area contributed by atoms with E-state index in [1.54, 1.807) is 28.9 Å². The van der Waals surface area contributed by atoms with Crippen LogP contribution in [0.4, 0.5) is 10.2 Å². The highest BCUT2D eigenvalue weighted by Crippen LogP contribution is 2.21. The summed E-state index contributed by atoms with van der Waals surface area (Å²) in [4.78, 5) is 24.3. The van der Waals surface area contributed by atoms with Gasteiger partial charge < -0.3 is 9.80 Å². The summed E-state index contributed by atoms with van der Waals surface area (Å²) in [5.74, 6) is 0.476. The second-order valence-corrected chi connectivity index (χ2v) is 7.26. The number of imidazole rings is 1. The summed E-state index contributed by atoms with van der Waals surface area (Å²) in [6, 6.07) is 10.8. The van der Waals surface area contributed by atoms with Gasteiger partial charge in [-0.25, -0.2) is 13.9 Å². The molecular weight excluding hydrogens is 371 g/mol. The van der Waals surface area contributed by atoms with Crippen LogP contribution in [-0.2, 0) is 11.2 Å². The second-order valence-electron chi connectivity index (χ2n) is 7.26. The highest BCUT2D eigenvalue weighted by Gasteiger charge is 2.22. The SMILES string of the molecule is CN1CCN(c2ccc3ncc(Cc4cc5cccnc5cc4F)n3n2)CC1=O. The predicted molar refractivity (Wildman–Crippen MR) is 107 cm³/mol. The number of benzene rings is 1. The van der Waals surface area contributed by atoms with Gasteiger partial charge in [0.25, 0.3) is 0 Å². The Morgan fingerprint density at radius 3 is 2.90 bits per heavy atom. The van der Waals surface area contributed by atoms with Crippen molar-refractivity contribution in [2.45, 2.75) is 6.42 Å². The van der Waals surface area contributed by atoms with Crippen LogP contribution in [0.25, 0.3) is 16.6 Å². The number of carbonyl (C=O) groups excluding carboxylic acids is 1. The number of halogens is 1. The lowest BCUT2D eigenvalue weighted by molar-refractivity contribution is -0.129. The number of amides is 1. The average molecular weight is 390 g/mol. The van der Waals surface area contributed by atoms with Crippen molar-refractivity contribution in [3.05, 3.63) is 65.9 Å². The molecule has 0 spiro atoms. The molecule has 0 aliphatic carbocycles. The number of hydrogen-bond acceptors (Lipinski definition) is 5. The lowest BCUT2D eigenvalue weighted by Gasteiger charge is -2.32. The Labute approximate surface area is 166 Å². The molecule has 1 aromatic carbocycles. The molecule has 0 atom stereocenters. The molecule has 4 aromatic rings. The Balaban J connectivity index is 1.49. The van der Waals surface area contributed by atoms with Crippen molar-refractivity contribution < 1.29 is 9.18 Å². The zero-order chi connectivity index (χ0) is 20.0. The van der Waals surface area contributed by atoms with Gasteiger partial charge >= 0.3 is 0 Å². The van der Waals surface area contributed by atoms with E-state index in [1.807, 2.05) is 35.2 Å². The molecule has 146 valence electrons. The van der Waals surface area contributed by atoms with Crippen LogP contribution in [0.1, 0.15) is 11.3 Å². The first-order valence-corrected chi connectivity index (χ1v) is 9.44. The number of anilines is 1. The molecular formula is C21H19FN6O. The van der Waals surface area contributed by atoms with Gasteiger partial charge in [-0.3, -0.25) is 9.78 Å². The van der Waals surface area contributed by atoms with E-state index in [0.717, 1.165) is 17.6 Å². The number of hydrogen-bond donors (Lipinski definition) is 0. The molecule has 1 amide bonds. The number of nitrogens with zero attached hydrogens (tertiary/aromatic N) is 6. The molecule has 0 bridgehead atoms. The Hall–Kier alpha value is -3.55. The summed E-state index contributed by atoms with van der Waals surface area (Å²) in [6.07, 6.45) is 3.73. The van der Waals surface area contributed by atoms with Gasteiger partial charge in [-0.05, 0) is 29.8 Å². The first-order chi connectivity index (χ1) is 14.1. The molecule has 0 unspecified atom stereocenters. The summed E-state index contributed by atoms with van der Waals surface area (Å²) >= 11 is 0. The van der Waals surface area contributed by atoms with Gasteiger partial charge in [0.1, 0.15) is 11.6 Å². The van der Waals surface area contributed by atoms with E-state index in [4.69, 9.17) is 0 Å². The molecule has 1 aliphatic rings. The standard InChI is InChI=1S/C21H19FN6O/c1-26-7-8-27(13-21(26)29)20-5-4-19-24-12-16(28(19)25-20)10-15-9-14-3-2-6-23-18(14)11-17(15)22/h2-6,9,11-12H,7-8,10,13H2,1H3. The minimum Gasteiger partial charge on any atom is -0.344 e. The van der Waals surface area contributed by atoms with Crippen LogP contribution in [0.2, 0.25) is 0 Å². The third-order valence-corrected chi connectivity index (χ3v) is 5.34. The number of fused-ring (bicyclic) bond motifs is 2. The van der Waals surface area contributed by atoms with E-state index < -0.39 is 0 Å². The molecule has 0 N–H and O–H groups in total. The normalized spacial score (nSPS) is 14.9. The van der Waals surface area contributed by atoms with Crippen LogP contribution >= 0.6 is 0 Å². The smallest absolute Gasteiger partial charge is 0.241 e. The third-order valence-electron chi connectivity index (χ3n) is 5.34. The Morgan fingerprint density at radius 1 is 1.14 bits per heavy atom. The molecule has 0 radical (unpaired) electrons. The molecule has 8 heteroatoms. The molecule has 1 saturated heterocycles. The number of rotatable bonds is 3. The number of carbonyl (C=O) groups is 1. The van der Waals surface area contributed by atoms with Gasteiger partial charge in [0.2, 0.25) is 5.91 Å². The lowest BCUT2D eigenvalue weighted by atomic mass is 10.1. The highest BCUT2D eigenvalue weighted by atomic mass is 19.1. The van der Waals surface area contributed by atoms with Gasteiger partial charge in [0, 0.05) is 44.2 Å². The molecule has 5 rings (SSSR count). The predicted octanol–water partition coefficient (Wildman–Crippen LogP) is 2.29. The van der Waals surface area contributed by atoms with E-state index in [2.05, 4.69) is 15.1 Å². The molecule has 1 fully saturated rings. The fourth-order valence-electron chi connectivity index (χ4n) is 3.63. The molecule has 7 nitrogen and oxygen atoms in total. The molecule has 29 heavy (non-hydrogen) atoms. The Morgan fingerprint density at radius 2 is 2.03 bits per heavy atom. The largest absolute Gasteiger partial charge is 0.344 e. The van der Waals surface area contributed by atoms with Crippen LogP contribution in [-0.4, -0.2) is 57.1 Å². The number of likely N-dealkylation sites (N-methyl/N-ethyl adjacent to an activating group) is 1. The summed E-state index contributed by atoms with van der Waals surface area (Å²) in [5, 5.41) is 5.57. The van der Waals surface area contributed by atoms with E-state index in [0.29, 0.717) is 42.1 Å². The second kappa shape index (κ2) is 6.80. The van der Waals surface area contributed by atoms with Gasteiger partial charge in [0.15, 0.2) is 5.65 Å².